The van der Waals surface area contributed by atoms with E-state index in [0.29, 0.717) is 11.8 Å². The lowest BCUT2D eigenvalue weighted by Crippen LogP contribution is -2.24. The van der Waals surface area contributed by atoms with Crippen molar-refractivity contribution in [2.45, 2.75) is 38.9 Å². The lowest BCUT2D eigenvalue weighted by Gasteiger charge is -2.22. The van der Waals surface area contributed by atoms with E-state index in [-0.39, 0.29) is 12.2 Å². The van der Waals surface area contributed by atoms with Crippen molar-refractivity contribution in [3.63, 3.8) is 0 Å². The number of anilines is 2. The van der Waals surface area contributed by atoms with Gasteiger partial charge in [-0.15, -0.1) is 0 Å². The normalized spacial score (nSPS) is 29.0. The molecule has 110 valence electrons. The second-order valence-electron chi connectivity index (χ2n) is 6.40. The van der Waals surface area contributed by atoms with Gasteiger partial charge in [0.05, 0.1) is 12.2 Å². The summed E-state index contributed by atoms with van der Waals surface area (Å²) in [5, 5.41) is 10.0. The first-order chi connectivity index (χ1) is 9.52. The van der Waals surface area contributed by atoms with Crippen LogP contribution >= 0.6 is 0 Å². The predicted octanol–water partition coefficient (Wildman–Crippen LogP) is 2.26. The molecule has 1 aromatic carbocycles. The maximum absolute atomic E-state index is 10.0. The molecule has 1 aliphatic carbocycles. The standard InChI is InChI=1S/C16H24N2O2/c1-10(2)20-14-6-12(17)5-13(7-14)18-8-11-3-4-16(19)15(11)9-18/h5-7,10-11,15-16,19H,3-4,8-9,17H2,1-2H3. The van der Waals surface area contributed by atoms with Crippen molar-refractivity contribution in [1.29, 1.82) is 0 Å². The molecular formula is C16H24N2O2. The van der Waals surface area contributed by atoms with Crippen molar-refractivity contribution >= 4 is 11.4 Å². The van der Waals surface area contributed by atoms with E-state index in [1.54, 1.807) is 0 Å². The Morgan fingerprint density at radius 2 is 2.05 bits per heavy atom. The molecule has 20 heavy (non-hydrogen) atoms. The van der Waals surface area contributed by atoms with Crippen LogP contribution in [0.2, 0.25) is 0 Å². The van der Waals surface area contributed by atoms with Gasteiger partial charge in [0.2, 0.25) is 0 Å². The number of nitrogens with zero attached hydrogens (tertiary/aromatic N) is 1. The molecule has 1 saturated carbocycles. The highest BCUT2D eigenvalue weighted by atomic mass is 16.5. The molecular weight excluding hydrogens is 252 g/mol. The van der Waals surface area contributed by atoms with E-state index >= 15 is 0 Å². The molecule has 0 aromatic heterocycles. The van der Waals surface area contributed by atoms with Crippen LogP contribution in [-0.4, -0.2) is 30.4 Å². The number of hydrogen-bond donors (Lipinski definition) is 2. The van der Waals surface area contributed by atoms with E-state index in [1.165, 1.54) is 0 Å². The summed E-state index contributed by atoms with van der Waals surface area (Å²) in [6.07, 6.45) is 2.11. The van der Waals surface area contributed by atoms with E-state index in [1.807, 2.05) is 26.0 Å². The lowest BCUT2D eigenvalue weighted by molar-refractivity contribution is 0.133. The van der Waals surface area contributed by atoms with Crippen molar-refractivity contribution in [2.75, 3.05) is 23.7 Å². The van der Waals surface area contributed by atoms with Crippen LogP contribution in [0.4, 0.5) is 11.4 Å². The van der Waals surface area contributed by atoms with Crippen molar-refractivity contribution in [2.24, 2.45) is 11.8 Å². The van der Waals surface area contributed by atoms with Crippen LogP contribution in [0, 0.1) is 11.8 Å². The van der Waals surface area contributed by atoms with Crippen molar-refractivity contribution in [3.8, 4) is 5.75 Å². The topological polar surface area (TPSA) is 58.7 Å². The Bertz CT molecular complexity index is 489. The number of ether oxygens (including phenoxy) is 1. The fourth-order valence-electron chi connectivity index (χ4n) is 3.58. The van der Waals surface area contributed by atoms with Gasteiger partial charge in [0.15, 0.2) is 0 Å². The van der Waals surface area contributed by atoms with Gasteiger partial charge in [-0.2, -0.15) is 0 Å². The molecule has 1 saturated heterocycles. The third kappa shape index (κ3) is 2.57. The van der Waals surface area contributed by atoms with Crippen LogP contribution < -0.4 is 15.4 Å². The highest BCUT2D eigenvalue weighted by Gasteiger charge is 2.41. The minimum absolute atomic E-state index is 0.127. The molecule has 3 N–H and O–H groups in total. The molecule has 1 aliphatic heterocycles. The zero-order chi connectivity index (χ0) is 14.3. The molecule has 4 heteroatoms. The Balaban J connectivity index is 1.79. The monoisotopic (exact) mass is 276 g/mol. The third-order valence-corrected chi connectivity index (χ3v) is 4.47. The Morgan fingerprint density at radius 1 is 1.25 bits per heavy atom. The number of benzene rings is 1. The van der Waals surface area contributed by atoms with Gasteiger partial charge in [0.25, 0.3) is 0 Å². The first kappa shape index (κ1) is 13.6. The average Bonchev–Trinajstić information content (AvgIpc) is 2.90. The van der Waals surface area contributed by atoms with Crippen LogP contribution in [0.25, 0.3) is 0 Å². The molecule has 3 unspecified atom stereocenters. The molecule has 0 amide bonds. The van der Waals surface area contributed by atoms with Crippen LogP contribution in [0.15, 0.2) is 18.2 Å². The maximum Gasteiger partial charge on any atom is 0.123 e. The fraction of sp³-hybridized carbons (Fsp3) is 0.625. The molecule has 0 spiro atoms. The number of rotatable bonds is 3. The highest BCUT2D eigenvalue weighted by molar-refractivity contribution is 5.61. The van der Waals surface area contributed by atoms with Gasteiger partial charge in [-0.05, 0) is 38.7 Å². The summed E-state index contributed by atoms with van der Waals surface area (Å²) in [5.74, 6) is 1.87. The first-order valence-corrected chi connectivity index (χ1v) is 7.53. The van der Waals surface area contributed by atoms with Gasteiger partial charge in [-0.3, -0.25) is 0 Å². The van der Waals surface area contributed by atoms with Crippen molar-refractivity contribution in [1.82, 2.24) is 0 Å². The number of nitrogens with two attached hydrogens (primary N) is 1. The SMILES string of the molecule is CC(C)Oc1cc(N)cc(N2CC3CCC(O)C3C2)c1. The van der Waals surface area contributed by atoms with Gasteiger partial charge in [-0.1, -0.05) is 0 Å². The van der Waals surface area contributed by atoms with E-state index in [4.69, 9.17) is 10.5 Å². The summed E-state index contributed by atoms with van der Waals surface area (Å²) in [4.78, 5) is 2.33. The second-order valence-corrected chi connectivity index (χ2v) is 6.40. The highest BCUT2D eigenvalue weighted by Crippen LogP contribution is 2.40. The molecule has 1 aromatic rings. The molecule has 1 heterocycles. The quantitative estimate of drug-likeness (QED) is 0.831. The smallest absolute Gasteiger partial charge is 0.123 e. The van der Waals surface area contributed by atoms with Crippen molar-refractivity contribution in [3.05, 3.63) is 18.2 Å². The molecule has 2 fully saturated rings. The van der Waals surface area contributed by atoms with Crippen LogP contribution in [0.5, 0.6) is 5.75 Å². The van der Waals surface area contributed by atoms with Gasteiger partial charge < -0.3 is 20.5 Å². The van der Waals surface area contributed by atoms with E-state index in [0.717, 1.165) is 43.1 Å². The predicted molar refractivity (Wildman–Crippen MR) is 81.1 cm³/mol. The van der Waals surface area contributed by atoms with E-state index < -0.39 is 0 Å². The van der Waals surface area contributed by atoms with Gasteiger partial charge >= 0.3 is 0 Å². The third-order valence-electron chi connectivity index (χ3n) is 4.47. The summed E-state index contributed by atoms with van der Waals surface area (Å²) >= 11 is 0. The fourth-order valence-corrected chi connectivity index (χ4v) is 3.58. The molecule has 4 nitrogen and oxygen atoms in total. The summed E-state index contributed by atoms with van der Waals surface area (Å²) in [7, 11) is 0. The molecule has 3 atom stereocenters. The minimum atomic E-state index is -0.127. The van der Waals surface area contributed by atoms with Gasteiger partial charge in [0.1, 0.15) is 5.75 Å². The number of nitrogen functional groups attached to an aromatic ring is 1. The molecule has 0 radical (unpaired) electrons. The van der Waals surface area contributed by atoms with Gasteiger partial charge in [0, 0.05) is 42.5 Å². The van der Waals surface area contributed by atoms with Crippen LogP contribution in [0.3, 0.4) is 0 Å². The Kier molecular flexibility index (Phi) is 3.50. The largest absolute Gasteiger partial charge is 0.491 e. The summed E-state index contributed by atoms with van der Waals surface area (Å²) in [5.41, 5.74) is 7.84. The number of aliphatic hydroxyl groups excluding tert-OH is 1. The Hall–Kier alpha value is -1.42. The molecule has 3 rings (SSSR count). The first-order valence-electron chi connectivity index (χ1n) is 7.53. The zero-order valence-corrected chi connectivity index (χ0v) is 12.2. The number of aliphatic hydroxyl groups is 1. The lowest BCUT2D eigenvalue weighted by atomic mass is 10.00. The van der Waals surface area contributed by atoms with Crippen LogP contribution in [0.1, 0.15) is 26.7 Å². The molecule has 0 bridgehead atoms. The van der Waals surface area contributed by atoms with Crippen LogP contribution in [-0.2, 0) is 0 Å². The Labute approximate surface area is 120 Å². The van der Waals surface area contributed by atoms with Gasteiger partial charge in [-0.25, -0.2) is 0 Å². The summed E-state index contributed by atoms with van der Waals surface area (Å²) < 4.78 is 5.75. The summed E-state index contributed by atoms with van der Waals surface area (Å²) in [6.45, 7) is 5.97. The van der Waals surface area contributed by atoms with Crippen molar-refractivity contribution < 1.29 is 9.84 Å². The number of fused-ring (bicyclic) bond motifs is 1. The minimum Gasteiger partial charge on any atom is -0.491 e. The Morgan fingerprint density at radius 3 is 2.75 bits per heavy atom. The van der Waals surface area contributed by atoms with E-state index in [9.17, 15) is 5.11 Å². The summed E-state index contributed by atoms with van der Waals surface area (Å²) in [6, 6.07) is 5.93. The molecule has 2 aliphatic rings. The average molecular weight is 276 g/mol. The maximum atomic E-state index is 10.0. The van der Waals surface area contributed by atoms with E-state index in [2.05, 4.69) is 11.0 Å². The zero-order valence-electron chi connectivity index (χ0n) is 12.2. The second kappa shape index (κ2) is 5.17. The number of hydrogen-bond acceptors (Lipinski definition) is 4.